The lowest BCUT2D eigenvalue weighted by Crippen LogP contribution is -2.62. The first kappa shape index (κ1) is 13.9. The van der Waals surface area contributed by atoms with Crippen molar-refractivity contribution >= 4 is 12.1 Å². The van der Waals surface area contributed by atoms with Crippen molar-refractivity contribution in [3.63, 3.8) is 0 Å². The number of carbonyl (C=O) groups is 2. The highest BCUT2D eigenvalue weighted by atomic mass is 16.6. The number of carbonyl (C=O) groups excluding carboxylic acids is 2. The van der Waals surface area contributed by atoms with Gasteiger partial charge in [-0.3, -0.25) is 0 Å². The Balaban J connectivity index is 1.78. The van der Waals surface area contributed by atoms with E-state index in [1.54, 1.807) is 11.0 Å². The van der Waals surface area contributed by atoms with E-state index in [2.05, 4.69) is 4.74 Å². The molecule has 19 heavy (non-hydrogen) atoms. The van der Waals surface area contributed by atoms with Gasteiger partial charge >= 0.3 is 12.1 Å². The summed E-state index contributed by atoms with van der Waals surface area (Å²) in [6.07, 6.45) is 3.06. The van der Waals surface area contributed by atoms with Gasteiger partial charge in [0.15, 0.2) is 0 Å². The van der Waals surface area contributed by atoms with Crippen molar-refractivity contribution < 1.29 is 19.1 Å². The summed E-state index contributed by atoms with van der Waals surface area (Å²) in [6.45, 7) is 7.03. The van der Waals surface area contributed by atoms with Gasteiger partial charge in [-0.25, -0.2) is 9.59 Å². The number of ether oxygens (including phenoxy) is 2. The Morgan fingerprint density at radius 1 is 1.26 bits per heavy atom. The van der Waals surface area contributed by atoms with Gasteiger partial charge in [0.2, 0.25) is 0 Å². The first-order valence-electron chi connectivity index (χ1n) is 6.48. The SMILES string of the molecule is COC(=O)C=C1CC2(C1)CN(C(=O)OC(C)(C)C)C2. The predicted molar refractivity (Wildman–Crippen MR) is 69.6 cm³/mol. The maximum absolute atomic E-state index is 11.8. The maximum Gasteiger partial charge on any atom is 0.410 e. The first-order chi connectivity index (χ1) is 8.73. The Labute approximate surface area is 113 Å². The molecule has 0 bridgehead atoms. The fourth-order valence-corrected chi connectivity index (χ4v) is 2.68. The lowest BCUT2D eigenvalue weighted by molar-refractivity contribution is -0.135. The minimum atomic E-state index is -0.449. The minimum absolute atomic E-state index is 0.177. The molecular weight excluding hydrogens is 246 g/mol. The number of methoxy groups -OCH3 is 1. The molecule has 5 nitrogen and oxygen atoms in total. The smallest absolute Gasteiger partial charge is 0.410 e. The highest BCUT2D eigenvalue weighted by Crippen LogP contribution is 2.51. The van der Waals surface area contributed by atoms with Crippen LogP contribution in [0, 0.1) is 5.41 Å². The van der Waals surface area contributed by atoms with Gasteiger partial charge < -0.3 is 14.4 Å². The molecule has 106 valence electrons. The zero-order valence-corrected chi connectivity index (χ0v) is 12.0. The number of hydrogen-bond acceptors (Lipinski definition) is 4. The number of nitrogens with zero attached hydrogens (tertiary/aromatic N) is 1. The second-order valence-corrected chi connectivity index (χ2v) is 6.52. The number of hydrogen-bond donors (Lipinski definition) is 0. The van der Waals surface area contributed by atoms with Crippen molar-refractivity contribution in [1.29, 1.82) is 0 Å². The van der Waals surface area contributed by atoms with Crippen molar-refractivity contribution in [2.24, 2.45) is 5.41 Å². The molecule has 0 N–H and O–H groups in total. The van der Waals surface area contributed by atoms with Gasteiger partial charge in [0.1, 0.15) is 5.60 Å². The highest BCUT2D eigenvalue weighted by Gasteiger charge is 2.52. The molecule has 0 aromatic heterocycles. The third kappa shape index (κ3) is 3.08. The standard InChI is InChI=1S/C14H21NO4/c1-13(2,3)19-12(17)15-8-14(9-15)6-10(7-14)5-11(16)18-4/h5H,6-9H2,1-4H3. The molecule has 2 rings (SSSR count). The third-order valence-electron chi connectivity index (χ3n) is 3.43. The van der Waals surface area contributed by atoms with Gasteiger partial charge in [-0.1, -0.05) is 5.57 Å². The number of esters is 1. The quantitative estimate of drug-likeness (QED) is 0.539. The first-order valence-corrected chi connectivity index (χ1v) is 6.48. The zero-order chi connectivity index (χ0) is 14.3. The van der Waals surface area contributed by atoms with Crippen LogP contribution in [-0.2, 0) is 14.3 Å². The number of rotatable bonds is 1. The van der Waals surface area contributed by atoms with Crippen molar-refractivity contribution in [3.8, 4) is 0 Å². The van der Waals surface area contributed by atoms with E-state index in [1.165, 1.54) is 7.11 Å². The summed E-state index contributed by atoms with van der Waals surface area (Å²) < 4.78 is 9.90. The van der Waals surface area contributed by atoms with Crippen LogP contribution in [0.15, 0.2) is 11.6 Å². The molecule has 0 unspecified atom stereocenters. The van der Waals surface area contributed by atoms with Gasteiger partial charge in [0.05, 0.1) is 7.11 Å². The Bertz CT molecular complexity index is 417. The minimum Gasteiger partial charge on any atom is -0.466 e. The molecule has 0 radical (unpaired) electrons. The summed E-state index contributed by atoms with van der Waals surface area (Å²) in [4.78, 5) is 24.6. The molecule has 1 saturated carbocycles. The van der Waals surface area contributed by atoms with Crippen LogP contribution in [0.2, 0.25) is 0 Å². The Morgan fingerprint density at radius 3 is 2.32 bits per heavy atom. The van der Waals surface area contributed by atoms with E-state index < -0.39 is 5.60 Å². The maximum atomic E-state index is 11.8. The van der Waals surface area contributed by atoms with Gasteiger partial charge in [0.25, 0.3) is 0 Å². The van der Waals surface area contributed by atoms with E-state index in [0.717, 1.165) is 31.5 Å². The van der Waals surface area contributed by atoms with E-state index in [9.17, 15) is 9.59 Å². The van der Waals surface area contributed by atoms with Crippen LogP contribution in [0.3, 0.4) is 0 Å². The van der Waals surface area contributed by atoms with Crippen molar-refractivity contribution in [2.75, 3.05) is 20.2 Å². The second kappa shape index (κ2) is 4.54. The molecular formula is C14H21NO4. The van der Waals surface area contributed by atoms with Crippen LogP contribution < -0.4 is 0 Å². The van der Waals surface area contributed by atoms with Crippen LogP contribution in [-0.4, -0.2) is 42.8 Å². The molecule has 0 atom stereocenters. The van der Waals surface area contributed by atoms with Gasteiger partial charge in [-0.2, -0.15) is 0 Å². The van der Waals surface area contributed by atoms with Gasteiger partial charge in [0, 0.05) is 24.6 Å². The third-order valence-corrected chi connectivity index (χ3v) is 3.43. The van der Waals surface area contributed by atoms with E-state index >= 15 is 0 Å². The van der Waals surface area contributed by atoms with Crippen LogP contribution in [0.1, 0.15) is 33.6 Å². The Kier molecular flexibility index (Phi) is 3.32. The topological polar surface area (TPSA) is 55.8 Å². The normalized spacial score (nSPS) is 20.4. The molecule has 1 aliphatic heterocycles. The molecule has 5 heteroatoms. The van der Waals surface area contributed by atoms with E-state index in [-0.39, 0.29) is 17.5 Å². The summed E-state index contributed by atoms with van der Waals surface area (Å²) in [6, 6.07) is 0. The monoisotopic (exact) mass is 267 g/mol. The Morgan fingerprint density at radius 2 is 1.84 bits per heavy atom. The molecule has 1 spiro atoms. The van der Waals surface area contributed by atoms with Crippen molar-refractivity contribution in [1.82, 2.24) is 4.90 Å². The second-order valence-electron chi connectivity index (χ2n) is 6.52. The zero-order valence-electron chi connectivity index (χ0n) is 12.0. The van der Waals surface area contributed by atoms with Crippen molar-refractivity contribution in [2.45, 2.75) is 39.2 Å². The molecule has 2 aliphatic rings. The van der Waals surface area contributed by atoms with Gasteiger partial charge in [-0.05, 0) is 33.6 Å². The highest BCUT2D eigenvalue weighted by molar-refractivity contribution is 5.83. The van der Waals surface area contributed by atoms with Crippen molar-refractivity contribution in [3.05, 3.63) is 11.6 Å². The predicted octanol–water partition coefficient (Wildman–Crippen LogP) is 2.12. The lowest BCUT2D eigenvalue weighted by atomic mass is 9.61. The summed E-state index contributed by atoms with van der Waals surface area (Å²) in [5.41, 5.74) is 0.835. The number of allylic oxidation sites excluding steroid dienone is 1. The molecule has 1 heterocycles. The van der Waals surface area contributed by atoms with E-state index in [0.29, 0.717) is 0 Å². The molecule has 0 aromatic rings. The molecule has 1 amide bonds. The lowest BCUT2D eigenvalue weighted by Gasteiger charge is -2.56. The van der Waals surface area contributed by atoms with Crippen LogP contribution in [0.4, 0.5) is 4.79 Å². The summed E-state index contributed by atoms with van der Waals surface area (Å²) >= 11 is 0. The van der Waals surface area contributed by atoms with Crippen LogP contribution >= 0.6 is 0 Å². The Hall–Kier alpha value is -1.52. The average Bonchev–Trinajstić information content (AvgIpc) is 2.16. The van der Waals surface area contributed by atoms with E-state index in [4.69, 9.17) is 4.74 Å². The summed E-state index contributed by atoms with van der Waals surface area (Å²) in [5, 5.41) is 0. The largest absolute Gasteiger partial charge is 0.466 e. The summed E-state index contributed by atoms with van der Waals surface area (Å²) in [7, 11) is 1.38. The molecule has 1 aliphatic carbocycles. The van der Waals surface area contributed by atoms with Crippen LogP contribution in [0.5, 0.6) is 0 Å². The fraction of sp³-hybridized carbons (Fsp3) is 0.714. The fourth-order valence-electron chi connectivity index (χ4n) is 2.68. The van der Waals surface area contributed by atoms with E-state index in [1.807, 2.05) is 20.8 Å². The molecule has 2 fully saturated rings. The number of likely N-dealkylation sites (tertiary alicyclic amines) is 1. The number of amides is 1. The summed E-state index contributed by atoms with van der Waals surface area (Å²) in [5.74, 6) is -0.298. The average molecular weight is 267 g/mol. The molecule has 1 saturated heterocycles. The van der Waals surface area contributed by atoms with Gasteiger partial charge in [-0.15, -0.1) is 0 Å². The van der Waals surface area contributed by atoms with Crippen LogP contribution in [0.25, 0.3) is 0 Å². The molecule has 0 aromatic carbocycles.